The first kappa shape index (κ1) is 25.1. The summed E-state index contributed by atoms with van der Waals surface area (Å²) < 4.78 is 5.44. The van der Waals surface area contributed by atoms with Gasteiger partial charge in [0, 0.05) is 64.8 Å². The van der Waals surface area contributed by atoms with Crippen molar-refractivity contribution in [1.29, 1.82) is 0 Å². The number of halogens is 2. The molecule has 0 radical (unpaired) electrons. The Labute approximate surface area is 181 Å². The van der Waals surface area contributed by atoms with Crippen molar-refractivity contribution in [3.05, 3.63) is 35.9 Å². The van der Waals surface area contributed by atoms with Gasteiger partial charge in [0.15, 0.2) is 0 Å². The number of morpholine rings is 1. The lowest BCUT2D eigenvalue weighted by Gasteiger charge is -2.36. The Morgan fingerprint density at radius 2 is 1.89 bits per heavy atom. The average Bonchev–Trinajstić information content (AvgIpc) is 2.68. The number of carbonyl (C=O) groups is 1. The van der Waals surface area contributed by atoms with E-state index in [1.165, 1.54) is 5.56 Å². The fraction of sp³-hybridized carbons (Fsp3) is 0.650. The van der Waals surface area contributed by atoms with E-state index in [1.807, 2.05) is 4.90 Å². The van der Waals surface area contributed by atoms with Crippen LogP contribution in [0.1, 0.15) is 12.0 Å². The van der Waals surface area contributed by atoms with Gasteiger partial charge in [-0.2, -0.15) is 0 Å². The lowest BCUT2D eigenvalue weighted by molar-refractivity contribution is -0.134. The van der Waals surface area contributed by atoms with Gasteiger partial charge in [0.05, 0.1) is 13.2 Å². The molecule has 0 aromatic heterocycles. The van der Waals surface area contributed by atoms with E-state index in [9.17, 15) is 4.79 Å². The number of rotatable bonds is 7. The van der Waals surface area contributed by atoms with Gasteiger partial charge in [0.1, 0.15) is 0 Å². The van der Waals surface area contributed by atoms with Crippen LogP contribution in [0, 0.1) is 0 Å². The molecule has 2 aliphatic heterocycles. The number of hydrogen-bond donors (Lipinski definition) is 1. The van der Waals surface area contributed by atoms with Crippen LogP contribution in [-0.2, 0) is 16.1 Å². The van der Waals surface area contributed by atoms with E-state index >= 15 is 0 Å². The first-order chi connectivity index (χ1) is 12.7. The first-order valence-electron chi connectivity index (χ1n) is 9.74. The smallest absolute Gasteiger partial charge is 0.224 e. The Bertz CT molecular complexity index is 550. The van der Waals surface area contributed by atoms with Gasteiger partial charge in [0.25, 0.3) is 0 Å². The number of ether oxygens (including phenoxy) is 1. The number of hydrogen-bond acceptors (Lipinski definition) is 5. The van der Waals surface area contributed by atoms with E-state index in [0.717, 1.165) is 59.0 Å². The normalized spacial score (nSPS) is 20.4. The van der Waals surface area contributed by atoms with Crippen molar-refractivity contribution in [2.75, 3.05) is 66.1 Å². The number of nitrogens with one attached hydrogen (secondary N) is 1. The molecule has 2 aliphatic rings. The molecule has 2 heterocycles. The van der Waals surface area contributed by atoms with Gasteiger partial charge >= 0.3 is 0 Å². The molecule has 0 spiro atoms. The molecule has 2 saturated heterocycles. The number of piperazine rings is 1. The average molecular weight is 433 g/mol. The van der Waals surface area contributed by atoms with Gasteiger partial charge in [-0.15, -0.1) is 24.8 Å². The first-order valence-corrected chi connectivity index (χ1v) is 9.74. The van der Waals surface area contributed by atoms with E-state index in [1.54, 1.807) is 0 Å². The Morgan fingerprint density at radius 1 is 1.18 bits per heavy atom. The molecule has 160 valence electrons. The highest BCUT2D eigenvalue weighted by Gasteiger charge is 2.24. The third kappa shape index (κ3) is 8.23. The summed E-state index contributed by atoms with van der Waals surface area (Å²) in [4.78, 5) is 19.3. The van der Waals surface area contributed by atoms with Crippen LogP contribution < -0.4 is 5.32 Å². The third-order valence-electron chi connectivity index (χ3n) is 5.24. The van der Waals surface area contributed by atoms with Crippen molar-refractivity contribution in [3.63, 3.8) is 0 Å². The molecule has 28 heavy (non-hydrogen) atoms. The van der Waals surface area contributed by atoms with Crippen LogP contribution in [0.25, 0.3) is 0 Å². The van der Waals surface area contributed by atoms with Gasteiger partial charge in [-0.25, -0.2) is 0 Å². The van der Waals surface area contributed by atoms with E-state index in [-0.39, 0.29) is 36.8 Å². The number of likely N-dealkylation sites (N-methyl/N-ethyl adjacent to an activating group) is 1. The highest BCUT2D eigenvalue weighted by Crippen LogP contribution is 2.08. The third-order valence-corrected chi connectivity index (χ3v) is 5.24. The topological polar surface area (TPSA) is 48.0 Å². The summed E-state index contributed by atoms with van der Waals surface area (Å²) in [6, 6.07) is 10.8. The van der Waals surface area contributed by atoms with Crippen molar-refractivity contribution < 1.29 is 9.53 Å². The highest BCUT2D eigenvalue weighted by molar-refractivity contribution is 5.85. The Hall–Kier alpha value is -0.890. The van der Waals surface area contributed by atoms with Crippen LogP contribution in [0.4, 0.5) is 0 Å². The predicted octanol–water partition coefficient (Wildman–Crippen LogP) is 1.48. The zero-order chi connectivity index (χ0) is 18.2. The molecule has 1 aromatic carbocycles. The summed E-state index contributed by atoms with van der Waals surface area (Å²) in [5.74, 6) is 0.258. The minimum Gasteiger partial charge on any atom is -0.378 e. The molecule has 0 bridgehead atoms. The number of amides is 1. The van der Waals surface area contributed by atoms with Crippen molar-refractivity contribution in [2.24, 2.45) is 0 Å². The quantitative estimate of drug-likeness (QED) is 0.706. The minimum atomic E-state index is 0. The van der Waals surface area contributed by atoms with E-state index < -0.39 is 0 Å². The molecule has 1 aromatic rings. The van der Waals surface area contributed by atoms with E-state index in [4.69, 9.17) is 4.74 Å². The SMILES string of the molecule is CN(CCN1CCN(C(=O)CC2COCCN2)CC1)Cc1ccccc1.Cl.Cl. The molecule has 6 nitrogen and oxygen atoms in total. The largest absolute Gasteiger partial charge is 0.378 e. The molecule has 3 rings (SSSR count). The molecule has 1 unspecified atom stereocenters. The van der Waals surface area contributed by atoms with E-state index in [2.05, 4.69) is 52.5 Å². The zero-order valence-corrected chi connectivity index (χ0v) is 18.3. The second kappa shape index (κ2) is 13.4. The van der Waals surface area contributed by atoms with Crippen LogP contribution in [0.15, 0.2) is 30.3 Å². The Balaban J connectivity index is 0.00000196. The Morgan fingerprint density at radius 3 is 2.54 bits per heavy atom. The summed E-state index contributed by atoms with van der Waals surface area (Å²) in [6.07, 6.45) is 0.555. The maximum atomic E-state index is 12.4. The molecule has 8 heteroatoms. The monoisotopic (exact) mass is 432 g/mol. The number of carbonyl (C=O) groups excluding carboxylic acids is 1. The molecular weight excluding hydrogens is 399 g/mol. The summed E-state index contributed by atoms with van der Waals surface area (Å²) >= 11 is 0. The molecule has 1 atom stereocenters. The molecule has 2 fully saturated rings. The molecular formula is C20H34Cl2N4O2. The lowest BCUT2D eigenvalue weighted by Crippen LogP contribution is -2.52. The van der Waals surface area contributed by atoms with Crippen LogP contribution in [0.2, 0.25) is 0 Å². The fourth-order valence-corrected chi connectivity index (χ4v) is 3.60. The molecule has 0 saturated carbocycles. The van der Waals surface area contributed by atoms with Crippen molar-refractivity contribution in [1.82, 2.24) is 20.0 Å². The number of nitrogens with zero attached hydrogens (tertiary/aromatic N) is 3. The van der Waals surface area contributed by atoms with Crippen molar-refractivity contribution >= 4 is 30.7 Å². The molecule has 1 N–H and O–H groups in total. The van der Waals surface area contributed by atoms with Gasteiger partial charge in [-0.05, 0) is 12.6 Å². The van der Waals surface area contributed by atoms with Crippen LogP contribution in [0.3, 0.4) is 0 Å². The maximum absolute atomic E-state index is 12.4. The standard InChI is InChI=1S/C20H32N4O2.2ClH/c1-22(16-18-5-3-2-4-6-18)8-9-23-10-12-24(13-11-23)20(25)15-19-17-26-14-7-21-19;;/h2-6,19,21H,7-17H2,1H3;2*1H. The summed E-state index contributed by atoms with van der Waals surface area (Å²) in [6.45, 7) is 8.97. The van der Waals surface area contributed by atoms with Crippen LogP contribution >= 0.6 is 24.8 Å². The van der Waals surface area contributed by atoms with Crippen LogP contribution in [-0.4, -0.2) is 92.7 Å². The van der Waals surface area contributed by atoms with Gasteiger partial charge in [-0.1, -0.05) is 30.3 Å². The van der Waals surface area contributed by atoms with Gasteiger partial charge in [0.2, 0.25) is 5.91 Å². The summed E-state index contributed by atoms with van der Waals surface area (Å²) in [7, 11) is 2.17. The summed E-state index contributed by atoms with van der Waals surface area (Å²) in [5.41, 5.74) is 1.35. The van der Waals surface area contributed by atoms with Crippen LogP contribution in [0.5, 0.6) is 0 Å². The summed E-state index contributed by atoms with van der Waals surface area (Å²) in [5, 5.41) is 3.36. The van der Waals surface area contributed by atoms with Crippen molar-refractivity contribution in [2.45, 2.75) is 19.0 Å². The Kier molecular flexibility index (Phi) is 12.0. The van der Waals surface area contributed by atoms with Gasteiger partial charge in [-0.3, -0.25) is 9.69 Å². The second-order valence-corrected chi connectivity index (χ2v) is 7.38. The zero-order valence-electron chi connectivity index (χ0n) is 16.7. The molecule has 0 aliphatic carbocycles. The van der Waals surface area contributed by atoms with E-state index in [0.29, 0.717) is 13.0 Å². The van der Waals surface area contributed by atoms with Gasteiger partial charge < -0.3 is 19.9 Å². The van der Waals surface area contributed by atoms with Crippen molar-refractivity contribution in [3.8, 4) is 0 Å². The fourth-order valence-electron chi connectivity index (χ4n) is 3.60. The highest BCUT2D eigenvalue weighted by atomic mass is 35.5. The second-order valence-electron chi connectivity index (χ2n) is 7.38. The molecule has 1 amide bonds. The predicted molar refractivity (Wildman–Crippen MR) is 118 cm³/mol. The lowest BCUT2D eigenvalue weighted by atomic mass is 10.1. The maximum Gasteiger partial charge on any atom is 0.224 e. The minimum absolute atomic E-state index is 0. The number of benzene rings is 1.